The lowest BCUT2D eigenvalue weighted by molar-refractivity contribution is -0.123. The van der Waals surface area contributed by atoms with Gasteiger partial charge in [-0.2, -0.15) is 0 Å². The fraction of sp³-hybridized carbons (Fsp3) is 0.750. The van der Waals surface area contributed by atoms with Crippen molar-refractivity contribution in [3.8, 4) is 0 Å². The van der Waals surface area contributed by atoms with Crippen LogP contribution >= 0.6 is 0 Å². The number of nitrogens with one attached hydrogen (secondary N) is 2. The van der Waals surface area contributed by atoms with E-state index in [0.29, 0.717) is 5.89 Å². The summed E-state index contributed by atoms with van der Waals surface area (Å²) < 4.78 is 10.9. The predicted molar refractivity (Wildman–Crippen MR) is 86.3 cm³/mol. The third-order valence-corrected chi connectivity index (χ3v) is 3.83. The van der Waals surface area contributed by atoms with Crippen LogP contribution in [0.2, 0.25) is 0 Å². The first-order valence-electron chi connectivity index (χ1n) is 8.34. The number of alkyl carbamates (subject to hydrolysis) is 1. The molecule has 134 valence electrons. The van der Waals surface area contributed by atoms with E-state index in [1.807, 2.05) is 0 Å². The van der Waals surface area contributed by atoms with Crippen LogP contribution in [0.15, 0.2) is 4.42 Å². The topological polar surface area (TPSA) is 106 Å². The molecule has 1 aromatic rings. The Hall–Kier alpha value is -2.12. The van der Waals surface area contributed by atoms with Crippen molar-refractivity contribution in [2.45, 2.75) is 70.4 Å². The normalized spacial score (nSPS) is 17.2. The number of hydrogen-bond acceptors (Lipinski definition) is 6. The first-order valence-corrected chi connectivity index (χ1v) is 8.34. The van der Waals surface area contributed by atoms with Crippen molar-refractivity contribution < 1.29 is 18.7 Å². The van der Waals surface area contributed by atoms with Crippen LogP contribution in [0.3, 0.4) is 0 Å². The number of aromatic nitrogens is 2. The standard InChI is InChI=1S/C16H26N4O4/c1-16(2,3)24-15(22)18-11(12(21)17-4)14-20-19-13(23-14)10-8-6-5-7-9-10/h10-11H,5-9H2,1-4H3,(H,17,21)(H,18,22). The van der Waals surface area contributed by atoms with E-state index in [2.05, 4.69) is 20.8 Å². The second-order valence-corrected chi connectivity index (χ2v) is 7.01. The molecule has 0 spiro atoms. The molecule has 2 N–H and O–H groups in total. The zero-order valence-electron chi connectivity index (χ0n) is 14.7. The zero-order valence-corrected chi connectivity index (χ0v) is 14.7. The molecule has 0 radical (unpaired) electrons. The van der Waals surface area contributed by atoms with Gasteiger partial charge in [0.15, 0.2) is 6.04 Å². The summed E-state index contributed by atoms with van der Waals surface area (Å²) in [6, 6.07) is -1.07. The second kappa shape index (κ2) is 7.63. The molecule has 1 saturated carbocycles. The summed E-state index contributed by atoms with van der Waals surface area (Å²) in [4.78, 5) is 24.1. The van der Waals surface area contributed by atoms with Crippen LogP contribution in [0, 0.1) is 0 Å². The Bertz CT molecular complexity index is 573. The molecule has 8 nitrogen and oxygen atoms in total. The molecular formula is C16H26N4O4. The lowest BCUT2D eigenvalue weighted by Crippen LogP contribution is -2.41. The maximum Gasteiger partial charge on any atom is 0.408 e. The molecule has 1 heterocycles. The number of amides is 2. The number of nitrogens with zero attached hydrogens (tertiary/aromatic N) is 2. The number of ether oxygens (including phenoxy) is 1. The minimum absolute atomic E-state index is 0.0702. The van der Waals surface area contributed by atoms with Crippen LogP contribution in [0.25, 0.3) is 0 Å². The summed E-state index contributed by atoms with van der Waals surface area (Å²) in [5.41, 5.74) is -0.667. The van der Waals surface area contributed by atoms with Crippen molar-refractivity contribution in [1.82, 2.24) is 20.8 Å². The summed E-state index contributed by atoms with van der Waals surface area (Å²) in [5.74, 6) is 0.386. The molecule has 1 aromatic heterocycles. The molecule has 1 aliphatic carbocycles. The van der Waals surface area contributed by atoms with Crippen LogP contribution in [-0.2, 0) is 9.53 Å². The molecule has 0 saturated heterocycles. The van der Waals surface area contributed by atoms with Crippen molar-refractivity contribution in [2.75, 3.05) is 7.05 Å². The minimum Gasteiger partial charge on any atom is -0.444 e. The van der Waals surface area contributed by atoms with Crippen LogP contribution in [0.5, 0.6) is 0 Å². The van der Waals surface area contributed by atoms with Crippen LogP contribution in [0.4, 0.5) is 4.79 Å². The van der Waals surface area contributed by atoms with E-state index in [1.54, 1.807) is 20.8 Å². The lowest BCUT2D eigenvalue weighted by Gasteiger charge is -2.21. The highest BCUT2D eigenvalue weighted by molar-refractivity contribution is 5.85. The fourth-order valence-corrected chi connectivity index (χ4v) is 2.69. The molecule has 1 aliphatic rings. The monoisotopic (exact) mass is 338 g/mol. The van der Waals surface area contributed by atoms with Gasteiger partial charge in [0, 0.05) is 13.0 Å². The zero-order chi connectivity index (χ0) is 17.7. The number of carbonyl (C=O) groups is 2. The molecular weight excluding hydrogens is 312 g/mol. The molecule has 1 atom stereocenters. The SMILES string of the molecule is CNC(=O)C(NC(=O)OC(C)(C)C)c1nnc(C2CCCCC2)o1. The number of likely N-dealkylation sites (N-methyl/N-ethyl adjacent to an activating group) is 1. The average Bonchev–Trinajstić information content (AvgIpc) is 3.00. The predicted octanol–water partition coefficient (Wildman–Crippen LogP) is 2.43. The molecule has 1 fully saturated rings. The summed E-state index contributed by atoms with van der Waals surface area (Å²) in [7, 11) is 1.48. The van der Waals surface area contributed by atoms with Crippen LogP contribution in [-0.4, -0.2) is 34.8 Å². The van der Waals surface area contributed by atoms with E-state index in [4.69, 9.17) is 9.15 Å². The average molecular weight is 338 g/mol. The van der Waals surface area contributed by atoms with Crippen molar-refractivity contribution in [3.05, 3.63) is 11.8 Å². The molecule has 2 amide bonds. The van der Waals surface area contributed by atoms with Gasteiger partial charge in [0.25, 0.3) is 5.91 Å². The lowest BCUT2D eigenvalue weighted by atomic mass is 9.89. The highest BCUT2D eigenvalue weighted by atomic mass is 16.6. The quantitative estimate of drug-likeness (QED) is 0.873. The van der Waals surface area contributed by atoms with E-state index in [-0.39, 0.29) is 11.8 Å². The smallest absolute Gasteiger partial charge is 0.408 e. The van der Waals surface area contributed by atoms with Crippen LogP contribution in [0.1, 0.15) is 76.6 Å². The Balaban J connectivity index is 2.11. The molecule has 2 rings (SSSR count). The van der Waals surface area contributed by atoms with Crippen molar-refractivity contribution >= 4 is 12.0 Å². The Morgan fingerprint density at radius 2 is 1.88 bits per heavy atom. The highest BCUT2D eigenvalue weighted by Crippen LogP contribution is 2.32. The Labute approximate surface area is 141 Å². The van der Waals surface area contributed by atoms with E-state index in [0.717, 1.165) is 25.7 Å². The van der Waals surface area contributed by atoms with Crippen molar-refractivity contribution in [1.29, 1.82) is 0 Å². The number of hydrogen-bond donors (Lipinski definition) is 2. The maximum absolute atomic E-state index is 12.1. The van der Waals surface area contributed by atoms with Gasteiger partial charge in [-0.15, -0.1) is 10.2 Å². The maximum atomic E-state index is 12.1. The summed E-state index contributed by atoms with van der Waals surface area (Å²) >= 11 is 0. The highest BCUT2D eigenvalue weighted by Gasteiger charge is 2.31. The van der Waals surface area contributed by atoms with Gasteiger partial charge in [-0.05, 0) is 33.6 Å². The van der Waals surface area contributed by atoms with Crippen LogP contribution < -0.4 is 10.6 Å². The third-order valence-electron chi connectivity index (χ3n) is 3.83. The molecule has 1 unspecified atom stereocenters. The summed E-state index contributed by atoms with van der Waals surface area (Å²) in [6.07, 6.45) is 4.79. The fourth-order valence-electron chi connectivity index (χ4n) is 2.69. The molecule has 0 aromatic carbocycles. The van der Waals surface area contributed by atoms with Gasteiger partial charge in [0.2, 0.25) is 11.8 Å². The first kappa shape index (κ1) is 18.2. The minimum atomic E-state index is -1.07. The van der Waals surface area contributed by atoms with Gasteiger partial charge in [-0.25, -0.2) is 4.79 Å². The second-order valence-electron chi connectivity index (χ2n) is 7.01. The van der Waals surface area contributed by atoms with E-state index in [9.17, 15) is 9.59 Å². The van der Waals surface area contributed by atoms with Gasteiger partial charge >= 0.3 is 6.09 Å². The summed E-state index contributed by atoms with van der Waals surface area (Å²) in [6.45, 7) is 5.24. The van der Waals surface area contributed by atoms with Gasteiger partial charge in [0.1, 0.15) is 5.60 Å². The largest absolute Gasteiger partial charge is 0.444 e. The number of rotatable bonds is 4. The first-order chi connectivity index (χ1) is 11.3. The van der Waals surface area contributed by atoms with Crippen molar-refractivity contribution in [3.63, 3.8) is 0 Å². The molecule has 0 bridgehead atoms. The molecule has 0 aliphatic heterocycles. The van der Waals surface area contributed by atoms with Gasteiger partial charge in [0.05, 0.1) is 0 Å². The number of carbonyl (C=O) groups excluding carboxylic acids is 2. The summed E-state index contributed by atoms with van der Waals surface area (Å²) in [5, 5.41) is 13.0. The van der Waals surface area contributed by atoms with Gasteiger partial charge < -0.3 is 19.8 Å². The Kier molecular flexibility index (Phi) is 5.80. The van der Waals surface area contributed by atoms with E-state index < -0.39 is 23.6 Å². The van der Waals surface area contributed by atoms with E-state index >= 15 is 0 Å². The third kappa shape index (κ3) is 4.94. The Morgan fingerprint density at radius 1 is 1.21 bits per heavy atom. The molecule has 8 heteroatoms. The van der Waals surface area contributed by atoms with E-state index in [1.165, 1.54) is 13.5 Å². The molecule has 24 heavy (non-hydrogen) atoms. The Morgan fingerprint density at radius 3 is 2.46 bits per heavy atom. The van der Waals surface area contributed by atoms with Crippen molar-refractivity contribution in [2.24, 2.45) is 0 Å². The van der Waals surface area contributed by atoms with Gasteiger partial charge in [-0.3, -0.25) is 4.79 Å². The van der Waals surface area contributed by atoms with Gasteiger partial charge in [-0.1, -0.05) is 19.3 Å².